The van der Waals surface area contributed by atoms with E-state index in [1.165, 1.54) is 31.2 Å². The quantitative estimate of drug-likeness (QED) is 0.872. The fraction of sp³-hybridized carbons (Fsp3) is 0.533. The number of benzene rings is 1. The third kappa shape index (κ3) is 4.51. The Bertz CT molecular complexity index is 377. The minimum absolute atomic E-state index is 0. The van der Waals surface area contributed by atoms with Crippen LogP contribution in [0.3, 0.4) is 0 Å². The van der Waals surface area contributed by atoms with Gasteiger partial charge in [0.25, 0.3) is 0 Å². The Hall–Kier alpha value is -1.06. The lowest BCUT2D eigenvalue weighted by Crippen LogP contribution is -2.33. The summed E-state index contributed by atoms with van der Waals surface area (Å²) in [6.07, 6.45) is 5.39. The first-order valence-electron chi connectivity index (χ1n) is 6.85. The van der Waals surface area contributed by atoms with E-state index in [-0.39, 0.29) is 24.4 Å². The number of nitrogens with two attached hydrogens (primary N) is 1. The summed E-state index contributed by atoms with van der Waals surface area (Å²) in [6.45, 7) is 0.415. The summed E-state index contributed by atoms with van der Waals surface area (Å²) in [5.41, 5.74) is 6.65. The predicted octanol–water partition coefficient (Wildman–Crippen LogP) is 2.80. The van der Waals surface area contributed by atoms with Gasteiger partial charge in [0.05, 0.1) is 6.04 Å². The van der Waals surface area contributed by atoms with E-state index in [1.54, 1.807) is 0 Å². The van der Waals surface area contributed by atoms with E-state index in [0.717, 1.165) is 0 Å². The highest BCUT2D eigenvalue weighted by Crippen LogP contribution is 2.35. The Balaban J connectivity index is 0.00000180. The second-order valence-electron chi connectivity index (χ2n) is 5.04. The van der Waals surface area contributed by atoms with Crippen molar-refractivity contribution in [2.45, 2.75) is 38.1 Å². The van der Waals surface area contributed by atoms with Crippen molar-refractivity contribution in [2.24, 2.45) is 11.7 Å². The van der Waals surface area contributed by atoms with Crippen molar-refractivity contribution in [1.29, 1.82) is 0 Å². The lowest BCUT2D eigenvalue weighted by Gasteiger charge is -2.25. The maximum atomic E-state index is 11.8. The van der Waals surface area contributed by atoms with Gasteiger partial charge >= 0.3 is 0 Å². The van der Waals surface area contributed by atoms with Gasteiger partial charge in [-0.25, -0.2) is 0 Å². The molecule has 1 aliphatic rings. The molecule has 1 amide bonds. The van der Waals surface area contributed by atoms with Crippen LogP contribution in [0, 0.1) is 5.92 Å². The summed E-state index contributed by atoms with van der Waals surface area (Å²) >= 11 is 0. The zero-order valence-corrected chi connectivity index (χ0v) is 12.0. The molecular weight excluding hydrogens is 260 g/mol. The first-order chi connectivity index (χ1) is 8.81. The van der Waals surface area contributed by atoms with E-state index in [9.17, 15) is 4.79 Å². The molecule has 0 heterocycles. The van der Waals surface area contributed by atoms with Crippen molar-refractivity contribution >= 4 is 18.3 Å². The highest BCUT2D eigenvalue weighted by molar-refractivity contribution is 5.85. The number of amides is 1. The van der Waals surface area contributed by atoms with Crippen molar-refractivity contribution in [3.8, 4) is 0 Å². The van der Waals surface area contributed by atoms with Gasteiger partial charge in [0.15, 0.2) is 0 Å². The Morgan fingerprint density at radius 1 is 1.26 bits per heavy atom. The fourth-order valence-corrected chi connectivity index (χ4v) is 2.80. The van der Waals surface area contributed by atoms with Crippen LogP contribution in [0.5, 0.6) is 0 Å². The molecule has 0 bridgehead atoms. The normalized spacial score (nSPS) is 16.7. The summed E-state index contributed by atoms with van der Waals surface area (Å²) < 4.78 is 0. The third-order valence-electron chi connectivity index (χ3n) is 3.72. The van der Waals surface area contributed by atoms with E-state index in [4.69, 9.17) is 5.73 Å². The standard InChI is InChI=1S/C15H22N2O.ClH/c16-11-10-14(18)17-15(13-8-4-5-9-13)12-6-2-1-3-7-12;/h1-3,6-7,13,15H,4-5,8-11,16H2,(H,17,18);1H. The van der Waals surface area contributed by atoms with Gasteiger partial charge in [-0.05, 0) is 24.3 Å². The fourth-order valence-electron chi connectivity index (χ4n) is 2.80. The summed E-state index contributed by atoms with van der Waals surface area (Å²) in [4.78, 5) is 11.8. The van der Waals surface area contributed by atoms with E-state index in [2.05, 4.69) is 17.4 Å². The van der Waals surface area contributed by atoms with Crippen LogP contribution < -0.4 is 11.1 Å². The van der Waals surface area contributed by atoms with E-state index >= 15 is 0 Å². The van der Waals surface area contributed by atoms with Gasteiger partial charge < -0.3 is 11.1 Å². The molecule has 3 N–H and O–H groups in total. The highest BCUT2D eigenvalue weighted by Gasteiger charge is 2.27. The lowest BCUT2D eigenvalue weighted by molar-refractivity contribution is -0.122. The molecular formula is C15H23ClN2O. The first-order valence-corrected chi connectivity index (χ1v) is 6.85. The SMILES string of the molecule is Cl.NCCC(=O)NC(c1ccccc1)C1CCCC1. The molecule has 1 unspecified atom stereocenters. The Morgan fingerprint density at radius 3 is 2.47 bits per heavy atom. The summed E-state index contributed by atoms with van der Waals surface area (Å²) in [5, 5.41) is 3.16. The zero-order valence-electron chi connectivity index (χ0n) is 11.2. The molecule has 1 fully saturated rings. The number of rotatable bonds is 5. The van der Waals surface area contributed by atoms with Crippen molar-refractivity contribution < 1.29 is 4.79 Å². The van der Waals surface area contributed by atoms with E-state index in [0.29, 0.717) is 18.9 Å². The second kappa shape index (κ2) is 8.18. The molecule has 3 nitrogen and oxygen atoms in total. The number of hydrogen-bond donors (Lipinski definition) is 2. The van der Waals surface area contributed by atoms with Crippen LogP contribution in [0.15, 0.2) is 30.3 Å². The Kier molecular flexibility index (Phi) is 6.89. The van der Waals surface area contributed by atoms with Crippen molar-refractivity contribution in [1.82, 2.24) is 5.32 Å². The molecule has 1 aromatic carbocycles. The van der Waals surface area contributed by atoms with Crippen LogP contribution in [-0.4, -0.2) is 12.5 Å². The number of nitrogens with one attached hydrogen (secondary N) is 1. The molecule has 19 heavy (non-hydrogen) atoms. The van der Waals surface area contributed by atoms with Crippen LogP contribution in [0.1, 0.15) is 43.7 Å². The van der Waals surface area contributed by atoms with Gasteiger partial charge in [0.2, 0.25) is 5.91 Å². The Labute approximate surface area is 121 Å². The van der Waals surface area contributed by atoms with Gasteiger partial charge in [-0.1, -0.05) is 43.2 Å². The summed E-state index contributed by atoms with van der Waals surface area (Å²) in [6, 6.07) is 10.4. The Morgan fingerprint density at radius 2 is 1.89 bits per heavy atom. The third-order valence-corrected chi connectivity index (χ3v) is 3.72. The zero-order chi connectivity index (χ0) is 12.8. The largest absolute Gasteiger partial charge is 0.349 e. The molecule has 4 heteroatoms. The van der Waals surface area contributed by atoms with Gasteiger partial charge in [-0.3, -0.25) is 4.79 Å². The predicted molar refractivity (Wildman–Crippen MR) is 80.2 cm³/mol. The molecule has 106 valence electrons. The highest BCUT2D eigenvalue weighted by atomic mass is 35.5. The summed E-state index contributed by atoms with van der Waals surface area (Å²) in [5.74, 6) is 0.646. The van der Waals surface area contributed by atoms with Crippen LogP contribution in [0.4, 0.5) is 0 Å². The van der Waals surface area contributed by atoms with Gasteiger partial charge in [-0.15, -0.1) is 12.4 Å². The molecule has 1 atom stereocenters. The average molecular weight is 283 g/mol. The molecule has 0 saturated heterocycles. The molecule has 1 aliphatic carbocycles. The lowest BCUT2D eigenvalue weighted by atomic mass is 9.91. The number of carbonyl (C=O) groups excluding carboxylic acids is 1. The topological polar surface area (TPSA) is 55.1 Å². The number of halogens is 1. The van der Waals surface area contributed by atoms with Gasteiger partial charge in [0, 0.05) is 13.0 Å². The van der Waals surface area contributed by atoms with Crippen LogP contribution in [0.2, 0.25) is 0 Å². The molecule has 0 aromatic heterocycles. The minimum Gasteiger partial charge on any atom is -0.349 e. The van der Waals surface area contributed by atoms with Gasteiger partial charge in [-0.2, -0.15) is 0 Å². The molecule has 0 aliphatic heterocycles. The van der Waals surface area contributed by atoms with Crippen LogP contribution in [-0.2, 0) is 4.79 Å². The van der Waals surface area contributed by atoms with Crippen LogP contribution >= 0.6 is 12.4 Å². The molecule has 1 aromatic rings. The number of carbonyl (C=O) groups is 1. The van der Waals surface area contributed by atoms with E-state index < -0.39 is 0 Å². The molecule has 0 radical (unpaired) electrons. The first kappa shape index (κ1) is 16.0. The van der Waals surface area contributed by atoms with E-state index in [1.807, 2.05) is 18.2 Å². The smallest absolute Gasteiger partial charge is 0.221 e. The monoisotopic (exact) mass is 282 g/mol. The van der Waals surface area contributed by atoms with Crippen molar-refractivity contribution in [3.05, 3.63) is 35.9 Å². The van der Waals surface area contributed by atoms with Crippen LogP contribution in [0.25, 0.3) is 0 Å². The van der Waals surface area contributed by atoms with Crippen molar-refractivity contribution in [3.63, 3.8) is 0 Å². The average Bonchev–Trinajstić information content (AvgIpc) is 2.91. The maximum Gasteiger partial charge on any atom is 0.221 e. The minimum atomic E-state index is 0. The summed E-state index contributed by atoms with van der Waals surface area (Å²) in [7, 11) is 0. The molecule has 1 saturated carbocycles. The second-order valence-corrected chi connectivity index (χ2v) is 5.04. The molecule has 2 rings (SSSR count). The van der Waals surface area contributed by atoms with Gasteiger partial charge in [0.1, 0.15) is 0 Å². The maximum absolute atomic E-state index is 11.8. The molecule has 0 spiro atoms. The van der Waals surface area contributed by atoms with Crippen molar-refractivity contribution in [2.75, 3.05) is 6.54 Å². The number of hydrogen-bond acceptors (Lipinski definition) is 2.